The zero-order valence-electron chi connectivity index (χ0n) is 16.7. The Bertz CT molecular complexity index is 398. The smallest absolute Gasteiger partial charge is 0.170 e. The van der Waals surface area contributed by atoms with Gasteiger partial charge >= 0.3 is 12.4 Å². The van der Waals surface area contributed by atoms with Crippen LogP contribution in [0.1, 0.15) is 75.2 Å². The third-order valence-corrected chi connectivity index (χ3v) is 6.07. The number of halogens is 6. The van der Waals surface area contributed by atoms with Gasteiger partial charge in [0.15, 0.2) is 5.41 Å². The second-order valence-electron chi connectivity index (χ2n) is 9.46. The van der Waals surface area contributed by atoms with Crippen LogP contribution in [0.25, 0.3) is 0 Å². The van der Waals surface area contributed by atoms with Gasteiger partial charge in [0.1, 0.15) is 0 Å². The lowest BCUT2D eigenvalue weighted by Crippen LogP contribution is -2.65. The van der Waals surface area contributed by atoms with Crippen molar-refractivity contribution >= 4 is 11.8 Å². The van der Waals surface area contributed by atoms with Crippen LogP contribution in [-0.4, -0.2) is 22.3 Å². The van der Waals surface area contributed by atoms with E-state index < -0.39 is 28.6 Å². The van der Waals surface area contributed by atoms with Gasteiger partial charge in [0.2, 0.25) is 0 Å². The third kappa shape index (κ3) is 5.23. The quantitative estimate of drug-likeness (QED) is 0.428. The SMILES string of the molecule is CC(CCC(C)(C)C(C(C)(C)C)(C(F)(F)F)C(F)(F)F)SC(C)(C)C. The highest BCUT2D eigenvalue weighted by Crippen LogP contribution is 2.69. The Morgan fingerprint density at radius 3 is 1.32 bits per heavy atom. The molecule has 0 spiro atoms. The molecular formula is C18H32F6S. The molecule has 0 heterocycles. The fourth-order valence-electron chi connectivity index (χ4n) is 4.21. The van der Waals surface area contributed by atoms with Crippen LogP contribution in [0, 0.1) is 16.2 Å². The molecule has 0 aromatic carbocycles. The molecule has 0 rings (SSSR count). The largest absolute Gasteiger partial charge is 0.404 e. The Labute approximate surface area is 152 Å². The van der Waals surface area contributed by atoms with Crippen LogP contribution in [-0.2, 0) is 0 Å². The Morgan fingerprint density at radius 2 is 1.08 bits per heavy atom. The average molecular weight is 395 g/mol. The van der Waals surface area contributed by atoms with Gasteiger partial charge in [-0.1, -0.05) is 62.3 Å². The molecule has 0 aliphatic rings. The zero-order chi connectivity index (χ0) is 20.7. The lowest BCUT2D eigenvalue weighted by atomic mass is 9.51. The molecule has 0 nitrogen and oxygen atoms in total. The molecule has 1 unspecified atom stereocenters. The van der Waals surface area contributed by atoms with E-state index in [4.69, 9.17) is 0 Å². The van der Waals surface area contributed by atoms with Crippen molar-refractivity contribution in [2.45, 2.75) is 97.5 Å². The number of rotatable bonds is 5. The van der Waals surface area contributed by atoms with Crippen LogP contribution >= 0.6 is 11.8 Å². The highest BCUT2D eigenvalue weighted by Gasteiger charge is 2.80. The molecule has 25 heavy (non-hydrogen) atoms. The van der Waals surface area contributed by atoms with E-state index in [-0.39, 0.29) is 16.4 Å². The maximum atomic E-state index is 13.9. The van der Waals surface area contributed by atoms with Gasteiger partial charge in [-0.2, -0.15) is 38.1 Å². The van der Waals surface area contributed by atoms with Gasteiger partial charge in [0.25, 0.3) is 0 Å². The summed E-state index contributed by atoms with van der Waals surface area (Å²) in [6, 6.07) is 0. The minimum atomic E-state index is -5.40. The molecule has 0 aromatic rings. The minimum Gasteiger partial charge on any atom is -0.170 e. The first-order chi connectivity index (χ1) is 10.6. The van der Waals surface area contributed by atoms with Crippen molar-refractivity contribution in [3.05, 3.63) is 0 Å². The van der Waals surface area contributed by atoms with Gasteiger partial charge in [-0.15, -0.1) is 0 Å². The summed E-state index contributed by atoms with van der Waals surface area (Å²) in [7, 11) is 0. The summed E-state index contributed by atoms with van der Waals surface area (Å²) in [5.74, 6) is 0. The van der Waals surface area contributed by atoms with Gasteiger partial charge in [-0.05, 0) is 23.7 Å². The lowest BCUT2D eigenvalue weighted by molar-refractivity contribution is -0.406. The predicted octanol–water partition coefficient (Wildman–Crippen LogP) is 7.87. The van der Waals surface area contributed by atoms with Gasteiger partial charge in [0.05, 0.1) is 0 Å². The summed E-state index contributed by atoms with van der Waals surface area (Å²) in [5, 5.41) is -0.0292. The summed E-state index contributed by atoms with van der Waals surface area (Å²) in [6.07, 6.45) is -10.7. The summed E-state index contributed by atoms with van der Waals surface area (Å²) in [5.41, 5.74) is -7.80. The molecular weight excluding hydrogens is 362 g/mol. The average Bonchev–Trinajstić information content (AvgIpc) is 2.17. The van der Waals surface area contributed by atoms with Crippen LogP contribution in [0.3, 0.4) is 0 Å². The number of thioether (sulfide) groups is 1. The molecule has 0 N–H and O–H groups in total. The normalized spacial score (nSPS) is 16.9. The van der Waals surface area contributed by atoms with E-state index in [9.17, 15) is 26.3 Å². The van der Waals surface area contributed by atoms with Crippen molar-refractivity contribution in [2.24, 2.45) is 16.2 Å². The maximum Gasteiger partial charge on any atom is 0.404 e. The van der Waals surface area contributed by atoms with Crippen LogP contribution in [0.4, 0.5) is 26.3 Å². The molecule has 0 amide bonds. The molecule has 1 atom stereocenters. The Kier molecular flexibility index (Phi) is 7.14. The van der Waals surface area contributed by atoms with Crippen LogP contribution in [0.5, 0.6) is 0 Å². The Hall–Kier alpha value is -0.0700. The summed E-state index contributed by atoms with van der Waals surface area (Å²) in [6.45, 7) is 13.1. The summed E-state index contributed by atoms with van der Waals surface area (Å²) in [4.78, 5) is 0. The first kappa shape index (κ1) is 24.9. The second-order valence-corrected chi connectivity index (χ2v) is 11.7. The molecule has 0 saturated carbocycles. The monoisotopic (exact) mass is 394 g/mol. The van der Waals surface area contributed by atoms with Crippen LogP contribution in [0.2, 0.25) is 0 Å². The molecule has 0 bridgehead atoms. The molecule has 7 heteroatoms. The molecule has 152 valence electrons. The first-order valence-electron chi connectivity index (χ1n) is 8.41. The molecule has 0 fully saturated rings. The number of hydrogen-bond donors (Lipinski definition) is 0. The topological polar surface area (TPSA) is 0 Å². The van der Waals surface area contributed by atoms with E-state index >= 15 is 0 Å². The minimum absolute atomic E-state index is 0.0292. The van der Waals surface area contributed by atoms with Gasteiger partial charge in [-0.25, -0.2) is 0 Å². The fraction of sp³-hybridized carbons (Fsp3) is 1.00. The Morgan fingerprint density at radius 1 is 0.720 bits per heavy atom. The molecule has 0 saturated heterocycles. The predicted molar refractivity (Wildman–Crippen MR) is 93.8 cm³/mol. The molecule has 0 radical (unpaired) electrons. The fourth-order valence-corrected chi connectivity index (χ4v) is 5.65. The number of hydrogen-bond acceptors (Lipinski definition) is 1. The van der Waals surface area contributed by atoms with E-state index in [1.54, 1.807) is 11.8 Å². The second kappa shape index (κ2) is 7.16. The van der Waals surface area contributed by atoms with Gasteiger partial charge in [0, 0.05) is 10.00 Å². The van der Waals surface area contributed by atoms with Crippen LogP contribution in [0.15, 0.2) is 0 Å². The molecule has 0 aliphatic carbocycles. The van der Waals surface area contributed by atoms with Gasteiger partial charge in [-0.3, -0.25) is 0 Å². The van der Waals surface area contributed by atoms with Crippen molar-refractivity contribution in [1.29, 1.82) is 0 Å². The summed E-state index contributed by atoms with van der Waals surface area (Å²) >= 11 is 1.57. The highest BCUT2D eigenvalue weighted by atomic mass is 32.2. The van der Waals surface area contributed by atoms with Crippen molar-refractivity contribution in [3.63, 3.8) is 0 Å². The van der Waals surface area contributed by atoms with Crippen molar-refractivity contribution in [3.8, 4) is 0 Å². The van der Waals surface area contributed by atoms with Crippen LogP contribution < -0.4 is 0 Å². The first-order valence-corrected chi connectivity index (χ1v) is 9.29. The van der Waals surface area contributed by atoms with E-state index in [0.29, 0.717) is 6.42 Å². The summed E-state index contributed by atoms with van der Waals surface area (Å²) < 4.78 is 83.5. The Balaban J connectivity index is 5.96. The van der Waals surface area contributed by atoms with Crippen molar-refractivity contribution in [1.82, 2.24) is 0 Å². The zero-order valence-corrected chi connectivity index (χ0v) is 17.5. The van der Waals surface area contributed by atoms with E-state index in [0.717, 1.165) is 34.6 Å². The third-order valence-electron chi connectivity index (χ3n) is 4.72. The molecule has 0 aliphatic heterocycles. The van der Waals surface area contributed by atoms with E-state index in [1.807, 2.05) is 27.7 Å². The van der Waals surface area contributed by atoms with Crippen molar-refractivity contribution in [2.75, 3.05) is 0 Å². The van der Waals surface area contributed by atoms with E-state index in [2.05, 4.69) is 0 Å². The number of alkyl halides is 6. The maximum absolute atomic E-state index is 13.9. The van der Waals surface area contributed by atoms with Gasteiger partial charge < -0.3 is 0 Å². The lowest BCUT2D eigenvalue weighted by Gasteiger charge is -2.55. The van der Waals surface area contributed by atoms with E-state index in [1.165, 1.54) is 0 Å². The molecule has 0 aromatic heterocycles. The standard InChI is InChI=1S/C18H32F6S/c1-12(25-14(5,6)7)10-11-15(8,9)16(13(2,3)4,17(19,20)21)18(22,23)24/h12H,10-11H2,1-9H3. The highest BCUT2D eigenvalue weighted by molar-refractivity contribution is 8.01. The van der Waals surface area contributed by atoms with Crippen molar-refractivity contribution < 1.29 is 26.3 Å².